The average molecular weight is 250 g/mol. The minimum absolute atomic E-state index is 0.00639. The van der Waals surface area contributed by atoms with Crippen molar-refractivity contribution in [1.29, 1.82) is 0 Å². The molecule has 1 aromatic heterocycles. The van der Waals surface area contributed by atoms with Gasteiger partial charge in [0.2, 0.25) is 5.95 Å². The molecule has 1 N–H and O–H groups in total. The number of aliphatic hydroxyl groups excluding tert-OH is 1. The quantitative estimate of drug-likeness (QED) is 0.860. The molecule has 0 radical (unpaired) electrons. The van der Waals surface area contributed by atoms with Gasteiger partial charge in [0.25, 0.3) is 0 Å². The molecule has 18 heavy (non-hydrogen) atoms. The number of rotatable bonds is 3. The summed E-state index contributed by atoms with van der Waals surface area (Å²) in [6, 6.07) is 0.570. The van der Waals surface area contributed by atoms with Crippen LogP contribution in [-0.2, 0) is 6.61 Å². The van der Waals surface area contributed by atoms with Crippen molar-refractivity contribution in [3.8, 4) is 0 Å². The summed E-state index contributed by atoms with van der Waals surface area (Å²) in [5.41, 5.74) is 1.68. The van der Waals surface area contributed by atoms with Crippen molar-refractivity contribution in [1.82, 2.24) is 14.9 Å². The fourth-order valence-electron chi connectivity index (χ4n) is 2.35. The maximum absolute atomic E-state index is 9.13. The first kappa shape index (κ1) is 13.2. The molecule has 0 saturated carbocycles. The van der Waals surface area contributed by atoms with E-state index in [1.54, 1.807) is 6.20 Å². The van der Waals surface area contributed by atoms with Crippen LogP contribution in [0.25, 0.3) is 0 Å². The first-order valence-corrected chi connectivity index (χ1v) is 6.46. The molecule has 2 heterocycles. The molecule has 1 atom stereocenters. The van der Waals surface area contributed by atoms with Gasteiger partial charge in [-0.05, 0) is 33.9 Å². The second-order valence-corrected chi connectivity index (χ2v) is 5.14. The molecule has 1 aromatic rings. The minimum Gasteiger partial charge on any atom is -0.392 e. The van der Waals surface area contributed by atoms with Crippen LogP contribution in [0.3, 0.4) is 0 Å². The second-order valence-electron chi connectivity index (χ2n) is 5.14. The third-order valence-electron chi connectivity index (χ3n) is 3.65. The van der Waals surface area contributed by atoms with Crippen molar-refractivity contribution in [2.45, 2.75) is 32.4 Å². The van der Waals surface area contributed by atoms with Crippen molar-refractivity contribution in [2.24, 2.45) is 0 Å². The lowest BCUT2D eigenvalue weighted by molar-refractivity contribution is 0.256. The highest BCUT2D eigenvalue weighted by molar-refractivity contribution is 5.33. The molecule has 0 aliphatic carbocycles. The topological polar surface area (TPSA) is 52.5 Å². The van der Waals surface area contributed by atoms with Gasteiger partial charge in [-0.3, -0.25) is 0 Å². The predicted molar refractivity (Wildman–Crippen MR) is 71.6 cm³/mol. The lowest BCUT2D eigenvalue weighted by atomic mass is 10.1. The Bertz CT molecular complexity index is 408. The van der Waals surface area contributed by atoms with Crippen LogP contribution in [0.4, 0.5) is 5.95 Å². The summed E-state index contributed by atoms with van der Waals surface area (Å²) in [6.45, 7) is 3.92. The van der Waals surface area contributed by atoms with E-state index in [0.717, 1.165) is 30.3 Å². The van der Waals surface area contributed by atoms with Crippen LogP contribution >= 0.6 is 0 Å². The van der Waals surface area contributed by atoms with Crippen LogP contribution in [0.15, 0.2) is 6.20 Å². The van der Waals surface area contributed by atoms with E-state index < -0.39 is 0 Å². The van der Waals surface area contributed by atoms with Gasteiger partial charge in [-0.15, -0.1) is 0 Å². The van der Waals surface area contributed by atoms with E-state index in [-0.39, 0.29) is 6.61 Å². The molecule has 0 amide bonds. The SMILES string of the molecule is Cc1nc(N2CCCC(N(C)C)C2)ncc1CO. The third-order valence-corrected chi connectivity index (χ3v) is 3.65. The summed E-state index contributed by atoms with van der Waals surface area (Å²) in [5, 5.41) is 9.13. The summed E-state index contributed by atoms with van der Waals surface area (Å²) in [6.07, 6.45) is 4.14. The first-order chi connectivity index (χ1) is 8.61. The largest absolute Gasteiger partial charge is 0.392 e. The molecule has 2 rings (SSSR count). The molecule has 1 fully saturated rings. The number of aliphatic hydroxyl groups is 1. The highest BCUT2D eigenvalue weighted by Crippen LogP contribution is 2.19. The molecule has 0 bridgehead atoms. The van der Waals surface area contributed by atoms with Gasteiger partial charge < -0.3 is 14.9 Å². The molecule has 0 spiro atoms. The van der Waals surface area contributed by atoms with Gasteiger partial charge in [-0.1, -0.05) is 0 Å². The van der Waals surface area contributed by atoms with E-state index in [2.05, 4.69) is 33.9 Å². The van der Waals surface area contributed by atoms with Crippen LogP contribution in [0, 0.1) is 6.92 Å². The normalized spacial score (nSPS) is 20.5. The van der Waals surface area contributed by atoms with Gasteiger partial charge in [0, 0.05) is 36.6 Å². The van der Waals surface area contributed by atoms with Gasteiger partial charge in [0.05, 0.1) is 6.61 Å². The summed E-state index contributed by atoms with van der Waals surface area (Å²) in [5.74, 6) is 0.788. The lowest BCUT2D eigenvalue weighted by Crippen LogP contribution is -2.45. The Balaban J connectivity index is 2.13. The molecule has 1 aliphatic heterocycles. The van der Waals surface area contributed by atoms with Crippen molar-refractivity contribution < 1.29 is 5.11 Å². The molecule has 100 valence electrons. The molecule has 1 aliphatic rings. The lowest BCUT2D eigenvalue weighted by Gasteiger charge is -2.36. The number of nitrogens with zero attached hydrogens (tertiary/aromatic N) is 4. The fourth-order valence-corrected chi connectivity index (χ4v) is 2.35. The summed E-state index contributed by atoms with van der Waals surface area (Å²) in [7, 11) is 4.24. The fraction of sp³-hybridized carbons (Fsp3) is 0.692. The monoisotopic (exact) mass is 250 g/mol. The molecule has 1 saturated heterocycles. The molecular formula is C13H22N4O. The van der Waals surface area contributed by atoms with Gasteiger partial charge in [-0.25, -0.2) is 9.97 Å². The third kappa shape index (κ3) is 2.79. The van der Waals surface area contributed by atoms with Crippen molar-refractivity contribution in [3.63, 3.8) is 0 Å². The Hall–Kier alpha value is -1.20. The van der Waals surface area contributed by atoms with E-state index >= 15 is 0 Å². The highest BCUT2D eigenvalue weighted by Gasteiger charge is 2.23. The molecule has 0 aromatic carbocycles. The Kier molecular flexibility index (Phi) is 4.14. The van der Waals surface area contributed by atoms with E-state index in [4.69, 9.17) is 5.11 Å². The Morgan fingerprint density at radius 3 is 2.89 bits per heavy atom. The number of anilines is 1. The first-order valence-electron chi connectivity index (χ1n) is 6.46. The average Bonchev–Trinajstić information content (AvgIpc) is 2.38. The van der Waals surface area contributed by atoms with Gasteiger partial charge >= 0.3 is 0 Å². The Labute approximate surface area is 108 Å². The van der Waals surface area contributed by atoms with Gasteiger partial charge in [0.15, 0.2) is 0 Å². The van der Waals surface area contributed by atoms with Crippen molar-refractivity contribution >= 4 is 5.95 Å². The number of aromatic nitrogens is 2. The predicted octanol–water partition coefficient (Wildman–Crippen LogP) is 0.808. The van der Waals surface area contributed by atoms with E-state index in [0.29, 0.717) is 6.04 Å². The van der Waals surface area contributed by atoms with E-state index in [1.807, 2.05) is 6.92 Å². The zero-order chi connectivity index (χ0) is 13.1. The van der Waals surface area contributed by atoms with Gasteiger partial charge in [-0.2, -0.15) is 0 Å². The second kappa shape index (κ2) is 5.63. The minimum atomic E-state index is 0.00639. The molecule has 5 nitrogen and oxygen atoms in total. The number of hydrogen-bond donors (Lipinski definition) is 1. The zero-order valence-electron chi connectivity index (χ0n) is 11.4. The maximum atomic E-state index is 9.13. The van der Waals surface area contributed by atoms with Crippen LogP contribution in [0.2, 0.25) is 0 Å². The number of hydrogen-bond acceptors (Lipinski definition) is 5. The van der Waals surface area contributed by atoms with E-state index in [1.165, 1.54) is 12.8 Å². The zero-order valence-corrected chi connectivity index (χ0v) is 11.4. The molecular weight excluding hydrogens is 228 g/mol. The number of aryl methyl sites for hydroxylation is 1. The summed E-state index contributed by atoms with van der Waals surface area (Å²) in [4.78, 5) is 13.4. The van der Waals surface area contributed by atoms with E-state index in [9.17, 15) is 0 Å². The smallest absolute Gasteiger partial charge is 0.225 e. The number of likely N-dealkylation sites (N-methyl/N-ethyl adjacent to an activating group) is 1. The van der Waals surface area contributed by atoms with Gasteiger partial charge in [0.1, 0.15) is 0 Å². The van der Waals surface area contributed by atoms with Crippen LogP contribution in [0.1, 0.15) is 24.1 Å². The Morgan fingerprint density at radius 1 is 1.50 bits per heavy atom. The summed E-state index contributed by atoms with van der Waals surface area (Å²) >= 11 is 0. The van der Waals surface area contributed by atoms with Crippen molar-refractivity contribution in [3.05, 3.63) is 17.5 Å². The van der Waals surface area contributed by atoms with Crippen LogP contribution < -0.4 is 4.90 Å². The molecule has 5 heteroatoms. The molecule has 1 unspecified atom stereocenters. The van der Waals surface area contributed by atoms with Crippen LogP contribution in [0.5, 0.6) is 0 Å². The maximum Gasteiger partial charge on any atom is 0.225 e. The highest BCUT2D eigenvalue weighted by atomic mass is 16.3. The Morgan fingerprint density at radius 2 is 2.28 bits per heavy atom. The van der Waals surface area contributed by atoms with Crippen LogP contribution in [-0.4, -0.2) is 53.2 Å². The van der Waals surface area contributed by atoms with Crippen molar-refractivity contribution in [2.75, 3.05) is 32.1 Å². The summed E-state index contributed by atoms with van der Waals surface area (Å²) < 4.78 is 0. The number of piperidine rings is 1. The standard InChI is InChI=1S/C13H22N4O/c1-10-11(9-18)7-14-13(15-10)17-6-4-5-12(8-17)16(2)3/h7,12,18H,4-6,8-9H2,1-3H3.